The molecule has 3 N–H and O–H groups in total. The van der Waals surface area contributed by atoms with Gasteiger partial charge in [0.1, 0.15) is 47.9 Å². The van der Waals surface area contributed by atoms with Gasteiger partial charge in [0.25, 0.3) is 0 Å². The quantitative estimate of drug-likeness (QED) is 0.208. The summed E-state index contributed by atoms with van der Waals surface area (Å²) in [7, 11) is 0. The van der Waals surface area contributed by atoms with Crippen LogP contribution >= 0.6 is 0 Å². The second-order valence-corrected chi connectivity index (χ2v) is 10.7. The van der Waals surface area contributed by atoms with E-state index in [1.165, 1.54) is 24.5 Å². The second kappa shape index (κ2) is 12.1. The molecule has 6 rings (SSSR count). The van der Waals surface area contributed by atoms with Crippen molar-refractivity contribution in [3.8, 4) is 28.5 Å². The molecule has 1 aliphatic rings. The molecule has 9 nitrogen and oxygen atoms in total. The van der Waals surface area contributed by atoms with Crippen LogP contribution in [0.2, 0.25) is 0 Å². The van der Waals surface area contributed by atoms with E-state index in [-0.39, 0.29) is 18.4 Å². The SMILES string of the molecule is CC(O)N1CCC[C@@H](n2nc(-c3ccc(Oc4cccc(COc5ccccc5C(F)(F)F)c4)cc3)c3c(N)ncnc32)C1. The van der Waals surface area contributed by atoms with E-state index in [4.69, 9.17) is 20.3 Å². The number of piperidine rings is 1. The molecule has 228 valence electrons. The third kappa shape index (κ3) is 6.17. The van der Waals surface area contributed by atoms with E-state index in [0.717, 1.165) is 31.0 Å². The molecule has 3 aromatic carbocycles. The highest BCUT2D eigenvalue weighted by Crippen LogP contribution is 2.37. The van der Waals surface area contributed by atoms with Gasteiger partial charge in [-0.1, -0.05) is 24.3 Å². The van der Waals surface area contributed by atoms with Crippen molar-refractivity contribution in [3.63, 3.8) is 0 Å². The number of hydrogen-bond acceptors (Lipinski definition) is 8. The van der Waals surface area contributed by atoms with Gasteiger partial charge in [-0.15, -0.1) is 0 Å². The van der Waals surface area contributed by atoms with Crippen molar-refractivity contribution in [1.29, 1.82) is 0 Å². The normalized spacial score (nSPS) is 16.6. The highest BCUT2D eigenvalue weighted by Gasteiger charge is 2.34. The minimum atomic E-state index is -4.51. The monoisotopic (exact) mass is 604 g/mol. The van der Waals surface area contributed by atoms with Crippen LogP contribution < -0.4 is 15.2 Å². The summed E-state index contributed by atoms with van der Waals surface area (Å²) in [6.07, 6.45) is -1.81. The first-order valence-electron chi connectivity index (χ1n) is 14.2. The average molecular weight is 605 g/mol. The van der Waals surface area contributed by atoms with Crippen molar-refractivity contribution in [2.24, 2.45) is 0 Å². The number of fused-ring (bicyclic) bond motifs is 1. The van der Waals surface area contributed by atoms with E-state index in [1.807, 2.05) is 21.7 Å². The van der Waals surface area contributed by atoms with E-state index < -0.39 is 18.0 Å². The van der Waals surface area contributed by atoms with Gasteiger partial charge in [0, 0.05) is 18.7 Å². The number of hydrogen-bond donors (Lipinski definition) is 2. The molecule has 0 spiro atoms. The molecule has 0 bridgehead atoms. The summed E-state index contributed by atoms with van der Waals surface area (Å²) in [4.78, 5) is 10.7. The fourth-order valence-corrected chi connectivity index (χ4v) is 5.48. The number of aliphatic hydroxyl groups is 1. The summed E-state index contributed by atoms with van der Waals surface area (Å²) < 4.78 is 53.4. The first kappa shape index (κ1) is 29.4. The van der Waals surface area contributed by atoms with E-state index in [9.17, 15) is 18.3 Å². The third-order valence-electron chi connectivity index (χ3n) is 7.67. The Morgan fingerprint density at radius 3 is 2.59 bits per heavy atom. The lowest BCUT2D eigenvalue weighted by atomic mass is 10.1. The summed E-state index contributed by atoms with van der Waals surface area (Å²) in [6, 6.07) is 19.5. The zero-order valence-electron chi connectivity index (χ0n) is 23.9. The average Bonchev–Trinajstić information content (AvgIpc) is 3.41. The van der Waals surface area contributed by atoms with Gasteiger partial charge in [0.15, 0.2) is 5.65 Å². The molecule has 12 heteroatoms. The Morgan fingerprint density at radius 1 is 1.02 bits per heavy atom. The molecular weight excluding hydrogens is 573 g/mol. The van der Waals surface area contributed by atoms with Crippen LogP contribution in [-0.2, 0) is 12.8 Å². The number of aromatic nitrogens is 4. The number of nitrogens with zero attached hydrogens (tertiary/aromatic N) is 5. The number of likely N-dealkylation sites (tertiary alicyclic amines) is 1. The van der Waals surface area contributed by atoms with Crippen LogP contribution in [0.3, 0.4) is 0 Å². The van der Waals surface area contributed by atoms with Crippen molar-refractivity contribution in [3.05, 3.63) is 90.3 Å². The Bertz CT molecular complexity index is 1760. The predicted molar refractivity (Wildman–Crippen MR) is 159 cm³/mol. The van der Waals surface area contributed by atoms with Crippen LogP contribution in [0.25, 0.3) is 22.3 Å². The molecule has 3 heterocycles. The minimum absolute atomic E-state index is 0.0182. The Hall–Kier alpha value is -4.68. The van der Waals surface area contributed by atoms with E-state index in [0.29, 0.717) is 46.2 Å². The summed E-state index contributed by atoms with van der Waals surface area (Å²) in [5.74, 6) is 1.17. The fraction of sp³-hybridized carbons (Fsp3) is 0.281. The van der Waals surface area contributed by atoms with E-state index in [2.05, 4.69) is 9.97 Å². The molecule has 1 aliphatic heterocycles. The minimum Gasteiger partial charge on any atom is -0.488 e. The first-order valence-corrected chi connectivity index (χ1v) is 14.2. The third-order valence-corrected chi connectivity index (χ3v) is 7.67. The van der Waals surface area contributed by atoms with Gasteiger partial charge >= 0.3 is 6.18 Å². The summed E-state index contributed by atoms with van der Waals surface area (Å²) in [6.45, 7) is 3.17. The van der Waals surface area contributed by atoms with E-state index >= 15 is 0 Å². The molecule has 44 heavy (non-hydrogen) atoms. The summed E-state index contributed by atoms with van der Waals surface area (Å²) in [5.41, 5.74) is 8.23. The topological polar surface area (TPSA) is 112 Å². The molecule has 0 aliphatic carbocycles. The number of halogens is 3. The smallest absolute Gasteiger partial charge is 0.419 e. The Balaban J connectivity index is 1.20. The van der Waals surface area contributed by atoms with Crippen LogP contribution in [0.4, 0.5) is 19.0 Å². The molecule has 5 aromatic rings. The largest absolute Gasteiger partial charge is 0.488 e. The number of benzene rings is 3. The number of nitrogen functional groups attached to an aromatic ring is 1. The molecule has 1 fully saturated rings. The van der Waals surface area contributed by atoms with Gasteiger partial charge in [-0.3, -0.25) is 4.90 Å². The lowest BCUT2D eigenvalue weighted by Gasteiger charge is -2.34. The lowest BCUT2D eigenvalue weighted by Crippen LogP contribution is -2.42. The zero-order chi connectivity index (χ0) is 30.8. The number of alkyl halides is 3. The number of rotatable bonds is 8. The molecule has 1 saturated heterocycles. The number of ether oxygens (including phenoxy) is 2. The Kier molecular flexibility index (Phi) is 8.11. The Morgan fingerprint density at radius 2 is 1.82 bits per heavy atom. The molecule has 0 amide bonds. The van der Waals surface area contributed by atoms with Crippen molar-refractivity contribution in [2.75, 3.05) is 18.8 Å². The molecule has 0 radical (unpaired) electrons. The van der Waals surface area contributed by atoms with Gasteiger partial charge < -0.3 is 20.3 Å². The van der Waals surface area contributed by atoms with Gasteiger partial charge in [0.2, 0.25) is 0 Å². The predicted octanol–water partition coefficient (Wildman–Crippen LogP) is 6.44. The van der Waals surface area contributed by atoms with E-state index in [1.54, 1.807) is 43.3 Å². The molecular formula is C32H31F3N6O3. The molecule has 0 saturated carbocycles. The van der Waals surface area contributed by atoms with Gasteiger partial charge in [-0.2, -0.15) is 18.3 Å². The zero-order valence-corrected chi connectivity index (χ0v) is 23.9. The maximum Gasteiger partial charge on any atom is 0.419 e. The molecule has 1 unspecified atom stereocenters. The molecule has 2 aromatic heterocycles. The standard InChI is InChI=1S/C32H31F3N6O3/c1-20(42)40-15-5-7-23(17-40)41-31-28(30(36)37-19-38-31)29(39-41)22-11-13-24(14-12-22)44-25-8-4-6-21(16-25)18-43-27-10-3-2-9-26(27)32(33,34)35/h2-4,6,8-14,16,19-20,23,42H,5,7,15,17-18H2,1H3,(H2,36,37,38)/t20?,23-/m1/s1. The maximum absolute atomic E-state index is 13.3. The van der Waals surface area contributed by atoms with Crippen molar-refractivity contribution >= 4 is 16.9 Å². The van der Waals surface area contributed by atoms with Crippen LogP contribution in [0.15, 0.2) is 79.1 Å². The maximum atomic E-state index is 13.3. The fourth-order valence-electron chi connectivity index (χ4n) is 5.48. The lowest BCUT2D eigenvalue weighted by molar-refractivity contribution is -0.139. The molecule has 2 atom stereocenters. The van der Waals surface area contributed by atoms with Gasteiger partial charge in [-0.05, 0) is 73.9 Å². The van der Waals surface area contributed by atoms with Crippen molar-refractivity contribution in [1.82, 2.24) is 24.6 Å². The van der Waals surface area contributed by atoms with Gasteiger partial charge in [0.05, 0.1) is 17.0 Å². The van der Waals surface area contributed by atoms with Crippen molar-refractivity contribution in [2.45, 2.75) is 44.8 Å². The second-order valence-electron chi connectivity index (χ2n) is 10.7. The van der Waals surface area contributed by atoms with Crippen LogP contribution in [0.1, 0.15) is 36.9 Å². The highest BCUT2D eigenvalue weighted by atomic mass is 19.4. The summed E-state index contributed by atoms with van der Waals surface area (Å²) >= 11 is 0. The van der Waals surface area contributed by atoms with Crippen LogP contribution in [-0.4, -0.2) is 49.1 Å². The Labute approximate surface area is 251 Å². The number of para-hydroxylation sites is 1. The highest BCUT2D eigenvalue weighted by molar-refractivity contribution is 5.98. The van der Waals surface area contributed by atoms with Crippen molar-refractivity contribution < 1.29 is 27.8 Å². The first-order chi connectivity index (χ1) is 21.2. The van der Waals surface area contributed by atoms with Crippen LogP contribution in [0, 0.1) is 0 Å². The number of anilines is 1. The van der Waals surface area contributed by atoms with Gasteiger partial charge in [-0.25, -0.2) is 14.6 Å². The van der Waals surface area contributed by atoms with Crippen LogP contribution in [0.5, 0.6) is 17.2 Å². The summed E-state index contributed by atoms with van der Waals surface area (Å²) in [5, 5.41) is 15.7. The number of aliphatic hydroxyl groups excluding tert-OH is 1. The number of nitrogens with two attached hydrogens (primary N) is 1.